The molecule has 0 amide bonds. The van der Waals surface area contributed by atoms with Gasteiger partial charge in [-0.25, -0.2) is 9.78 Å². The molecule has 1 aromatic heterocycles. The van der Waals surface area contributed by atoms with Crippen molar-refractivity contribution in [1.29, 1.82) is 0 Å². The summed E-state index contributed by atoms with van der Waals surface area (Å²) in [6, 6.07) is 4.28. The van der Waals surface area contributed by atoms with E-state index < -0.39 is 5.97 Å². The second-order valence-electron chi connectivity index (χ2n) is 4.35. The predicted molar refractivity (Wildman–Crippen MR) is 80.4 cm³/mol. The number of esters is 1. The maximum atomic E-state index is 12.1. The summed E-state index contributed by atoms with van der Waals surface area (Å²) in [7, 11) is 0. The topological polar surface area (TPSA) is 85.7 Å². The molecule has 0 aliphatic rings. The molecule has 0 saturated carbocycles. The van der Waals surface area contributed by atoms with Crippen LogP contribution >= 0.6 is 11.3 Å². The molecule has 0 aliphatic heterocycles. The molecule has 116 valence electrons. The first-order valence-electron chi connectivity index (χ1n) is 6.62. The van der Waals surface area contributed by atoms with Crippen molar-refractivity contribution in [1.82, 2.24) is 4.98 Å². The molecule has 1 aromatic carbocycles. The summed E-state index contributed by atoms with van der Waals surface area (Å²) in [6.45, 7) is 1.73. The van der Waals surface area contributed by atoms with Gasteiger partial charge in [-0.1, -0.05) is 0 Å². The second kappa shape index (κ2) is 7.56. The molecule has 0 atom stereocenters. The number of carbonyl (C=O) groups is 2. The number of aromatic nitrogens is 1. The number of ether oxygens (including phenoxy) is 2. The summed E-state index contributed by atoms with van der Waals surface area (Å²) in [6.07, 6.45) is 0.125. The van der Waals surface area contributed by atoms with Crippen molar-refractivity contribution >= 4 is 23.1 Å². The van der Waals surface area contributed by atoms with Gasteiger partial charge in [-0.15, -0.1) is 11.3 Å². The van der Waals surface area contributed by atoms with E-state index in [1.165, 1.54) is 29.5 Å². The first-order valence-corrected chi connectivity index (χ1v) is 7.56. The summed E-state index contributed by atoms with van der Waals surface area (Å²) < 4.78 is 9.91. The third kappa shape index (κ3) is 4.29. The molecule has 22 heavy (non-hydrogen) atoms. The minimum atomic E-state index is -0.495. The molecule has 0 unspecified atom stereocenters. The Balaban J connectivity index is 2.00. The van der Waals surface area contributed by atoms with Crippen molar-refractivity contribution in [3.05, 3.63) is 40.3 Å². The van der Waals surface area contributed by atoms with Crippen molar-refractivity contribution in [2.75, 3.05) is 13.2 Å². The number of carbonyl (C=O) groups excluding carboxylic acids is 2. The third-order valence-electron chi connectivity index (χ3n) is 2.76. The number of Topliss-reactive ketones (excluding diaryl/α,β-unsaturated/α-hetero) is 1. The SMILES string of the molecule is CCOC(=O)COc1ccc(C(=O)Cc2cscn2)c(O)c1. The molecule has 2 rings (SSSR count). The van der Waals surface area contributed by atoms with E-state index in [9.17, 15) is 14.7 Å². The number of benzene rings is 1. The van der Waals surface area contributed by atoms with Crippen LogP contribution in [0.15, 0.2) is 29.1 Å². The molecular weight excluding hydrogens is 306 g/mol. The van der Waals surface area contributed by atoms with Gasteiger partial charge in [0, 0.05) is 11.4 Å². The number of phenols is 1. The maximum Gasteiger partial charge on any atom is 0.344 e. The van der Waals surface area contributed by atoms with Crippen molar-refractivity contribution in [3.8, 4) is 11.5 Å². The summed E-state index contributed by atoms with van der Waals surface area (Å²) in [5, 5.41) is 11.7. The zero-order valence-corrected chi connectivity index (χ0v) is 12.8. The van der Waals surface area contributed by atoms with Gasteiger partial charge in [0.1, 0.15) is 11.5 Å². The monoisotopic (exact) mass is 321 g/mol. The van der Waals surface area contributed by atoms with E-state index in [4.69, 9.17) is 9.47 Å². The first-order chi connectivity index (χ1) is 10.6. The van der Waals surface area contributed by atoms with E-state index in [2.05, 4.69) is 4.98 Å². The second-order valence-corrected chi connectivity index (χ2v) is 5.07. The van der Waals surface area contributed by atoms with Crippen LogP contribution in [0.4, 0.5) is 0 Å². The van der Waals surface area contributed by atoms with E-state index >= 15 is 0 Å². The van der Waals surface area contributed by atoms with Gasteiger partial charge in [-0.2, -0.15) is 0 Å². The fourth-order valence-corrected chi connectivity index (χ4v) is 2.32. The molecular formula is C15H15NO5S. The molecule has 0 radical (unpaired) electrons. The van der Waals surface area contributed by atoms with Crippen LogP contribution in [-0.4, -0.2) is 35.1 Å². The molecule has 0 spiro atoms. The van der Waals surface area contributed by atoms with Gasteiger partial charge in [-0.3, -0.25) is 4.79 Å². The van der Waals surface area contributed by atoms with Gasteiger partial charge < -0.3 is 14.6 Å². The Labute approximate surface area is 131 Å². The average molecular weight is 321 g/mol. The van der Waals surface area contributed by atoms with Crippen LogP contribution in [0.1, 0.15) is 23.0 Å². The molecule has 0 aliphatic carbocycles. The Hall–Kier alpha value is -2.41. The highest BCUT2D eigenvalue weighted by Crippen LogP contribution is 2.25. The third-order valence-corrected chi connectivity index (χ3v) is 3.39. The van der Waals surface area contributed by atoms with Crippen molar-refractivity contribution in [2.24, 2.45) is 0 Å². The molecule has 1 heterocycles. The number of hydrogen-bond donors (Lipinski definition) is 1. The van der Waals surface area contributed by atoms with Gasteiger partial charge in [0.05, 0.1) is 29.8 Å². The van der Waals surface area contributed by atoms with Gasteiger partial charge >= 0.3 is 5.97 Å². The molecule has 0 saturated heterocycles. The van der Waals surface area contributed by atoms with Crippen LogP contribution in [0.2, 0.25) is 0 Å². The van der Waals surface area contributed by atoms with Crippen LogP contribution in [0.3, 0.4) is 0 Å². The Morgan fingerprint density at radius 3 is 2.82 bits per heavy atom. The van der Waals surface area contributed by atoms with Crippen LogP contribution in [-0.2, 0) is 16.0 Å². The predicted octanol–water partition coefficient (Wildman–Crippen LogP) is 2.22. The Kier molecular flexibility index (Phi) is 5.48. The van der Waals surface area contributed by atoms with Crippen LogP contribution < -0.4 is 4.74 Å². The molecule has 6 nitrogen and oxygen atoms in total. The normalized spacial score (nSPS) is 10.2. The van der Waals surface area contributed by atoms with Gasteiger partial charge in [0.25, 0.3) is 0 Å². The van der Waals surface area contributed by atoms with Crippen LogP contribution in [0, 0.1) is 0 Å². The minimum absolute atomic E-state index is 0.125. The number of rotatable bonds is 7. The summed E-state index contributed by atoms with van der Waals surface area (Å²) in [5.74, 6) is -0.636. The Morgan fingerprint density at radius 2 is 2.18 bits per heavy atom. The fraction of sp³-hybridized carbons (Fsp3) is 0.267. The molecule has 0 fully saturated rings. The number of thiazole rings is 1. The van der Waals surface area contributed by atoms with Crippen molar-refractivity contribution < 1.29 is 24.2 Å². The summed E-state index contributed by atoms with van der Waals surface area (Å²) in [5.41, 5.74) is 2.50. The minimum Gasteiger partial charge on any atom is -0.507 e. The van der Waals surface area contributed by atoms with Gasteiger partial charge in [0.15, 0.2) is 12.4 Å². The molecule has 7 heteroatoms. The van der Waals surface area contributed by atoms with Crippen molar-refractivity contribution in [2.45, 2.75) is 13.3 Å². The quantitative estimate of drug-likeness (QED) is 0.621. The zero-order chi connectivity index (χ0) is 15.9. The highest BCUT2D eigenvalue weighted by atomic mass is 32.1. The number of aromatic hydroxyl groups is 1. The summed E-state index contributed by atoms with van der Waals surface area (Å²) in [4.78, 5) is 27.3. The van der Waals surface area contributed by atoms with Crippen molar-refractivity contribution in [3.63, 3.8) is 0 Å². The van der Waals surface area contributed by atoms with E-state index in [0.29, 0.717) is 5.69 Å². The number of phenolic OH excluding ortho intramolecular Hbond substituents is 1. The van der Waals surface area contributed by atoms with E-state index in [1.54, 1.807) is 17.8 Å². The van der Waals surface area contributed by atoms with Crippen LogP contribution in [0.25, 0.3) is 0 Å². The lowest BCUT2D eigenvalue weighted by atomic mass is 10.1. The largest absolute Gasteiger partial charge is 0.507 e. The first kappa shape index (κ1) is 16.0. The summed E-state index contributed by atoms with van der Waals surface area (Å²) >= 11 is 1.41. The Morgan fingerprint density at radius 1 is 1.36 bits per heavy atom. The van der Waals surface area contributed by atoms with E-state index in [0.717, 1.165) is 0 Å². The smallest absolute Gasteiger partial charge is 0.344 e. The number of hydrogen-bond acceptors (Lipinski definition) is 7. The van der Waals surface area contributed by atoms with Crippen LogP contribution in [0.5, 0.6) is 11.5 Å². The highest BCUT2D eigenvalue weighted by molar-refractivity contribution is 7.07. The highest BCUT2D eigenvalue weighted by Gasteiger charge is 2.14. The maximum absolute atomic E-state index is 12.1. The Bertz CT molecular complexity index is 654. The molecule has 0 bridgehead atoms. The average Bonchev–Trinajstić information content (AvgIpc) is 2.98. The zero-order valence-electron chi connectivity index (χ0n) is 11.9. The van der Waals surface area contributed by atoms with Gasteiger partial charge in [-0.05, 0) is 19.1 Å². The van der Waals surface area contributed by atoms with E-state index in [-0.39, 0.29) is 42.5 Å². The molecule has 1 N–H and O–H groups in total. The lowest BCUT2D eigenvalue weighted by molar-refractivity contribution is -0.145. The lowest BCUT2D eigenvalue weighted by Crippen LogP contribution is -2.14. The van der Waals surface area contributed by atoms with Gasteiger partial charge in [0.2, 0.25) is 0 Å². The fourth-order valence-electron chi connectivity index (χ4n) is 1.77. The standard InChI is InChI=1S/C15H15NO5S/c1-2-20-15(19)7-21-11-3-4-12(14(18)6-11)13(17)5-10-8-22-9-16-10/h3-4,6,8-9,18H,2,5,7H2,1H3. The van der Waals surface area contributed by atoms with E-state index in [1.807, 2.05) is 0 Å². The number of nitrogens with zero attached hydrogens (tertiary/aromatic N) is 1. The molecule has 2 aromatic rings. The number of ketones is 1. The lowest BCUT2D eigenvalue weighted by Gasteiger charge is -2.08.